The predicted octanol–water partition coefficient (Wildman–Crippen LogP) is 2.39. The fourth-order valence-corrected chi connectivity index (χ4v) is 3.84. The van der Waals surface area contributed by atoms with Crippen molar-refractivity contribution in [2.45, 2.75) is 77.2 Å². The van der Waals surface area contributed by atoms with Gasteiger partial charge in [0.25, 0.3) is 0 Å². The Morgan fingerprint density at radius 1 is 0.923 bits per heavy atom. The summed E-state index contributed by atoms with van der Waals surface area (Å²) in [7, 11) is 4.68. The van der Waals surface area contributed by atoms with Gasteiger partial charge in [-0.3, -0.25) is 0 Å². The van der Waals surface area contributed by atoms with Crippen molar-refractivity contribution in [3.8, 4) is 0 Å². The number of hydrogen-bond donors (Lipinski definition) is 0. The number of rotatable bonds is 12. The van der Waals surface area contributed by atoms with E-state index in [0.29, 0.717) is 6.10 Å². The third-order valence-corrected chi connectivity index (χ3v) is 5.57. The van der Waals surface area contributed by atoms with Gasteiger partial charge in [0.05, 0.1) is 20.6 Å². The van der Waals surface area contributed by atoms with E-state index in [4.69, 9.17) is 4.74 Å². The van der Waals surface area contributed by atoms with Gasteiger partial charge in [0, 0.05) is 13.0 Å². The van der Waals surface area contributed by atoms with Crippen molar-refractivity contribution in [3.05, 3.63) is 35.4 Å². The van der Waals surface area contributed by atoms with Crippen LogP contribution in [0.1, 0.15) is 69.4 Å². The summed E-state index contributed by atoms with van der Waals surface area (Å²) in [5.41, 5.74) is 2.98. The Labute approximate surface area is 179 Å². The van der Waals surface area contributed by atoms with Gasteiger partial charge >= 0.3 is 0 Å². The molecule has 0 saturated carbocycles. The standard InChI is InChI=1S/C23H40NO.HI/c1-4-5-6-7-8-9-11-21-13-15-22(16-14-21)17-18-24(2,3)20-23-12-10-19-25-23;/h13-16,23H,4-12,17-20H2,1-3H3;1H/q+1;/p-1. The largest absolute Gasteiger partial charge is 1.00 e. The molecule has 0 spiro atoms. The van der Waals surface area contributed by atoms with Crippen molar-refractivity contribution in [3.63, 3.8) is 0 Å². The predicted molar refractivity (Wildman–Crippen MR) is 108 cm³/mol. The molecule has 1 aliphatic rings. The minimum absolute atomic E-state index is 0. The molecule has 2 rings (SSSR count). The number of halogens is 1. The number of nitrogens with zero attached hydrogens (tertiary/aromatic N) is 1. The van der Waals surface area contributed by atoms with Crippen molar-refractivity contribution in [2.75, 3.05) is 33.8 Å². The van der Waals surface area contributed by atoms with E-state index in [1.54, 1.807) is 0 Å². The summed E-state index contributed by atoms with van der Waals surface area (Å²) in [6, 6.07) is 9.39. The molecule has 0 radical (unpaired) electrons. The number of hydrogen-bond acceptors (Lipinski definition) is 1. The summed E-state index contributed by atoms with van der Waals surface area (Å²) in [6.07, 6.45) is 13.7. The van der Waals surface area contributed by atoms with Gasteiger partial charge < -0.3 is 33.2 Å². The minimum Gasteiger partial charge on any atom is -1.00 e. The van der Waals surface area contributed by atoms with Gasteiger partial charge in [0.2, 0.25) is 0 Å². The lowest BCUT2D eigenvalue weighted by atomic mass is 10.0. The maximum Gasteiger partial charge on any atom is 0.106 e. The molecule has 1 unspecified atom stereocenters. The zero-order chi connectivity index (χ0) is 18.0. The van der Waals surface area contributed by atoms with Gasteiger partial charge in [0.15, 0.2) is 0 Å². The lowest BCUT2D eigenvalue weighted by Gasteiger charge is -2.32. The van der Waals surface area contributed by atoms with E-state index in [2.05, 4.69) is 45.3 Å². The van der Waals surface area contributed by atoms with E-state index >= 15 is 0 Å². The summed E-state index contributed by atoms with van der Waals surface area (Å²) in [5.74, 6) is 0. The number of ether oxygens (including phenoxy) is 1. The second kappa shape index (κ2) is 13.1. The molecule has 0 aromatic heterocycles. The van der Waals surface area contributed by atoms with Crippen LogP contribution in [0.15, 0.2) is 24.3 Å². The Morgan fingerprint density at radius 3 is 2.15 bits per heavy atom. The molecule has 0 aliphatic carbocycles. The van der Waals surface area contributed by atoms with Crippen LogP contribution < -0.4 is 24.0 Å². The normalized spacial score (nSPS) is 17.3. The van der Waals surface area contributed by atoms with Gasteiger partial charge in [-0.2, -0.15) is 0 Å². The first-order chi connectivity index (χ1) is 12.1. The maximum atomic E-state index is 5.81. The first-order valence-electron chi connectivity index (χ1n) is 10.6. The highest BCUT2D eigenvalue weighted by Crippen LogP contribution is 2.17. The van der Waals surface area contributed by atoms with E-state index in [1.165, 1.54) is 75.5 Å². The summed E-state index contributed by atoms with van der Waals surface area (Å²) >= 11 is 0. The van der Waals surface area contributed by atoms with Crippen LogP contribution in [0.5, 0.6) is 0 Å². The monoisotopic (exact) mass is 473 g/mol. The number of quaternary nitrogens is 1. The van der Waals surface area contributed by atoms with Crippen LogP contribution in [0, 0.1) is 0 Å². The molecular weight excluding hydrogens is 433 g/mol. The SMILES string of the molecule is CCCCCCCCc1ccc(CC[N+](C)(C)CC2CCCO2)cc1.[I-]. The van der Waals surface area contributed by atoms with Crippen molar-refractivity contribution in [1.29, 1.82) is 0 Å². The highest BCUT2D eigenvalue weighted by molar-refractivity contribution is 5.22. The van der Waals surface area contributed by atoms with Crippen molar-refractivity contribution in [2.24, 2.45) is 0 Å². The first kappa shape index (κ1) is 23.9. The number of aryl methyl sites for hydroxylation is 1. The van der Waals surface area contributed by atoms with Crippen LogP contribution in [-0.4, -0.2) is 44.4 Å². The Balaban J connectivity index is 0.00000338. The molecule has 26 heavy (non-hydrogen) atoms. The number of likely N-dealkylation sites (N-methyl/N-ethyl adjacent to an activating group) is 1. The van der Waals surface area contributed by atoms with E-state index < -0.39 is 0 Å². The van der Waals surface area contributed by atoms with Crippen molar-refractivity contribution in [1.82, 2.24) is 0 Å². The zero-order valence-corrected chi connectivity index (χ0v) is 19.5. The number of unbranched alkanes of at least 4 members (excludes halogenated alkanes) is 5. The fourth-order valence-electron chi connectivity index (χ4n) is 3.84. The van der Waals surface area contributed by atoms with Crippen LogP contribution in [0.4, 0.5) is 0 Å². The summed E-state index contributed by atoms with van der Waals surface area (Å²) < 4.78 is 6.87. The molecule has 1 aromatic carbocycles. The zero-order valence-electron chi connectivity index (χ0n) is 17.3. The van der Waals surface area contributed by atoms with Crippen LogP contribution in [0.3, 0.4) is 0 Å². The third-order valence-electron chi connectivity index (χ3n) is 5.57. The molecule has 1 aliphatic heterocycles. The Bertz CT molecular complexity index is 466. The van der Waals surface area contributed by atoms with Gasteiger partial charge in [-0.25, -0.2) is 0 Å². The Hall–Kier alpha value is -0.130. The average molecular weight is 473 g/mol. The summed E-state index contributed by atoms with van der Waals surface area (Å²) in [4.78, 5) is 0. The molecule has 1 atom stereocenters. The van der Waals surface area contributed by atoms with Crippen LogP contribution in [0.25, 0.3) is 0 Å². The van der Waals surface area contributed by atoms with E-state index in [9.17, 15) is 0 Å². The average Bonchev–Trinajstić information content (AvgIpc) is 3.09. The van der Waals surface area contributed by atoms with Gasteiger partial charge in [-0.1, -0.05) is 63.3 Å². The molecule has 1 saturated heterocycles. The summed E-state index contributed by atoms with van der Waals surface area (Å²) in [5, 5.41) is 0. The lowest BCUT2D eigenvalue weighted by molar-refractivity contribution is -0.893. The van der Waals surface area contributed by atoms with E-state index in [1.807, 2.05) is 0 Å². The smallest absolute Gasteiger partial charge is 0.106 e. The molecule has 1 aromatic rings. The third kappa shape index (κ3) is 9.70. The molecule has 0 amide bonds. The van der Waals surface area contributed by atoms with E-state index in [-0.39, 0.29) is 24.0 Å². The second-order valence-corrected chi connectivity index (χ2v) is 8.56. The van der Waals surface area contributed by atoms with Gasteiger partial charge in [-0.05, 0) is 36.8 Å². The van der Waals surface area contributed by atoms with Gasteiger partial charge in [-0.15, -0.1) is 0 Å². The molecule has 1 heterocycles. The molecule has 150 valence electrons. The topological polar surface area (TPSA) is 9.23 Å². The van der Waals surface area contributed by atoms with Crippen molar-refractivity contribution < 1.29 is 33.2 Å². The van der Waals surface area contributed by atoms with E-state index in [0.717, 1.165) is 24.1 Å². The molecule has 0 bridgehead atoms. The first-order valence-corrected chi connectivity index (χ1v) is 10.6. The highest BCUT2D eigenvalue weighted by atomic mass is 127. The lowest BCUT2D eigenvalue weighted by Crippen LogP contribution is -3.00. The molecule has 3 heteroatoms. The van der Waals surface area contributed by atoms with Crippen LogP contribution >= 0.6 is 0 Å². The van der Waals surface area contributed by atoms with Crippen molar-refractivity contribution >= 4 is 0 Å². The minimum atomic E-state index is 0. The quantitative estimate of drug-likeness (QED) is 0.258. The molecule has 0 N–H and O–H groups in total. The van der Waals surface area contributed by atoms with Gasteiger partial charge in [0.1, 0.15) is 12.6 Å². The fraction of sp³-hybridized carbons (Fsp3) is 0.739. The highest BCUT2D eigenvalue weighted by Gasteiger charge is 2.25. The maximum absolute atomic E-state index is 5.81. The molecule has 1 fully saturated rings. The number of benzene rings is 1. The summed E-state index contributed by atoms with van der Waals surface area (Å²) in [6.45, 7) is 5.58. The van der Waals surface area contributed by atoms with Crippen LogP contribution in [0.2, 0.25) is 0 Å². The Morgan fingerprint density at radius 2 is 1.54 bits per heavy atom. The molecular formula is C23H40INO. The Kier molecular flexibility index (Phi) is 12.1. The second-order valence-electron chi connectivity index (χ2n) is 8.56. The molecule has 2 nitrogen and oxygen atoms in total. The van der Waals surface area contributed by atoms with Crippen LogP contribution in [-0.2, 0) is 17.6 Å².